The molecular weight excluding hydrogens is 224 g/mol. The smallest absolute Gasteiger partial charge is 0.223 e. The molecule has 3 heteroatoms. The number of nitrogens with one attached hydrogen (secondary N) is 1. The van der Waals surface area contributed by atoms with Gasteiger partial charge in [-0.25, -0.2) is 0 Å². The fourth-order valence-corrected chi connectivity index (χ4v) is 3.53. The Hall–Kier alpha value is -0.570. The summed E-state index contributed by atoms with van der Waals surface area (Å²) in [5.41, 5.74) is 5.69. The lowest BCUT2D eigenvalue weighted by molar-refractivity contribution is -0.127. The van der Waals surface area contributed by atoms with E-state index in [0.29, 0.717) is 23.8 Å². The van der Waals surface area contributed by atoms with Gasteiger partial charge in [0, 0.05) is 12.0 Å². The Balaban J connectivity index is 1.79. The Morgan fingerprint density at radius 2 is 1.78 bits per heavy atom. The molecule has 2 aliphatic carbocycles. The summed E-state index contributed by atoms with van der Waals surface area (Å²) in [6.07, 6.45) is 6.74. The van der Waals surface area contributed by atoms with E-state index in [0.717, 1.165) is 44.6 Å². The van der Waals surface area contributed by atoms with Gasteiger partial charge in [0.25, 0.3) is 0 Å². The standard InChI is InChI=1S/C15H28N2O/c1-10-3-8-14(11(10)2)17-15(18)13-6-4-12(9-16)5-7-13/h10-14H,3-9,16H2,1-2H3,(H,17,18). The Morgan fingerprint density at radius 1 is 1.11 bits per heavy atom. The summed E-state index contributed by atoms with van der Waals surface area (Å²) in [7, 11) is 0. The van der Waals surface area contributed by atoms with Crippen molar-refractivity contribution in [1.29, 1.82) is 0 Å². The first-order valence-corrected chi connectivity index (χ1v) is 7.62. The highest BCUT2D eigenvalue weighted by atomic mass is 16.1. The minimum absolute atomic E-state index is 0.246. The average Bonchev–Trinajstić information content (AvgIpc) is 2.71. The van der Waals surface area contributed by atoms with E-state index >= 15 is 0 Å². The Bertz CT molecular complexity index is 284. The Labute approximate surface area is 111 Å². The monoisotopic (exact) mass is 252 g/mol. The number of hydrogen-bond donors (Lipinski definition) is 2. The van der Waals surface area contributed by atoms with E-state index in [9.17, 15) is 4.79 Å². The molecule has 2 saturated carbocycles. The molecule has 0 bridgehead atoms. The number of nitrogens with two attached hydrogens (primary N) is 1. The van der Waals surface area contributed by atoms with E-state index in [1.807, 2.05) is 0 Å². The first kappa shape index (κ1) is 13.9. The lowest BCUT2D eigenvalue weighted by Gasteiger charge is -2.29. The summed E-state index contributed by atoms with van der Waals surface area (Å²) in [6, 6.07) is 0.416. The van der Waals surface area contributed by atoms with Crippen LogP contribution in [0.1, 0.15) is 52.4 Å². The van der Waals surface area contributed by atoms with Crippen molar-refractivity contribution in [2.75, 3.05) is 6.54 Å². The van der Waals surface area contributed by atoms with Gasteiger partial charge in [0.05, 0.1) is 0 Å². The third-order valence-electron chi connectivity index (χ3n) is 5.34. The van der Waals surface area contributed by atoms with Crippen LogP contribution in [0.15, 0.2) is 0 Å². The van der Waals surface area contributed by atoms with E-state index < -0.39 is 0 Å². The summed E-state index contributed by atoms with van der Waals surface area (Å²) in [4.78, 5) is 12.3. The second kappa shape index (κ2) is 6.05. The van der Waals surface area contributed by atoms with Crippen LogP contribution in [0, 0.1) is 23.7 Å². The molecule has 0 aromatic rings. The molecule has 1 amide bonds. The molecule has 2 fully saturated rings. The predicted molar refractivity (Wildman–Crippen MR) is 74.0 cm³/mol. The van der Waals surface area contributed by atoms with Gasteiger partial charge >= 0.3 is 0 Å². The van der Waals surface area contributed by atoms with Crippen LogP contribution < -0.4 is 11.1 Å². The maximum atomic E-state index is 12.3. The average molecular weight is 252 g/mol. The molecule has 2 aliphatic rings. The number of amides is 1. The summed E-state index contributed by atoms with van der Waals surface area (Å²) >= 11 is 0. The molecule has 0 spiro atoms. The zero-order chi connectivity index (χ0) is 13.1. The minimum atomic E-state index is 0.246. The largest absolute Gasteiger partial charge is 0.353 e. The zero-order valence-corrected chi connectivity index (χ0v) is 11.8. The van der Waals surface area contributed by atoms with E-state index in [1.165, 1.54) is 6.42 Å². The van der Waals surface area contributed by atoms with Gasteiger partial charge < -0.3 is 11.1 Å². The first-order valence-electron chi connectivity index (χ1n) is 7.62. The molecule has 3 N–H and O–H groups in total. The fourth-order valence-electron chi connectivity index (χ4n) is 3.53. The van der Waals surface area contributed by atoms with Gasteiger partial charge in [-0.15, -0.1) is 0 Å². The molecule has 3 atom stereocenters. The Kier molecular flexibility index (Phi) is 4.66. The third kappa shape index (κ3) is 3.05. The highest BCUT2D eigenvalue weighted by Crippen LogP contribution is 2.32. The molecule has 3 nitrogen and oxygen atoms in total. The van der Waals surface area contributed by atoms with Crippen LogP contribution in [0.4, 0.5) is 0 Å². The van der Waals surface area contributed by atoms with Crippen LogP contribution in [0.2, 0.25) is 0 Å². The normalized spacial score (nSPS) is 40.7. The van der Waals surface area contributed by atoms with Gasteiger partial charge in [0.15, 0.2) is 0 Å². The van der Waals surface area contributed by atoms with Crippen molar-refractivity contribution >= 4 is 5.91 Å². The topological polar surface area (TPSA) is 55.1 Å². The maximum Gasteiger partial charge on any atom is 0.223 e. The fraction of sp³-hybridized carbons (Fsp3) is 0.933. The molecule has 18 heavy (non-hydrogen) atoms. The molecule has 104 valence electrons. The second-order valence-corrected chi connectivity index (χ2v) is 6.48. The van der Waals surface area contributed by atoms with E-state index in [2.05, 4.69) is 19.2 Å². The van der Waals surface area contributed by atoms with Crippen LogP contribution in [0.3, 0.4) is 0 Å². The van der Waals surface area contributed by atoms with Crippen molar-refractivity contribution in [3.8, 4) is 0 Å². The summed E-state index contributed by atoms with van der Waals surface area (Å²) in [5, 5.41) is 3.29. The van der Waals surface area contributed by atoms with Gasteiger partial charge in [-0.3, -0.25) is 4.79 Å². The molecule has 0 aliphatic heterocycles. The summed E-state index contributed by atoms with van der Waals surface area (Å²) in [5.74, 6) is 2.59. The second-order valence-electron chi connectivity index (χ2n) is 6.48. The van der Waals surface area contributed by atoms with Crippen LogP contribution in [0.25, 0.3) is 0 Å². The van der Waals surface area contributed by atoms with Crippen molar-refractivity contribution < 1.29 is 4.79 Å². The molecule has 0 aromatic heterocycles. The van der Waals surface area contributed by atoms with E-state index in [1.54, 1.807) is 0 Å². The van der Waals surface area contributed by atoms with Crippen LogP contribution >= 0.6 is 0 Å². The molecule has 0 saturated heterocycles. The van der Waals surface area contributed by atoms with Crippen molar-refractivity contribution in [3.63, 3.8) is 0 Å². The van der Waals surface area contributed by atoms with Crippen molar-refractivity contribution in [3.05, 3.63) is 0 Å². The van der Waals surface area contributed by atoms with Crippen molar-refractivity contribution in [2.24, 2.45) is 29.4 Å². The predicted octanol–water partition coefficient (Wildman–Crippen LogP) is 2.30. The third-order valence-corrected chi connectivity index (χ3v) is 5.34. The summed E-state index contributed by atoms with van der Waals surface area (Å²) in [6.45, 7) is 5.35. The van der Waals surface area contributed by atoms with Gasteiger partial charge in [-0.05, 0) is 62.8 Å². The van der Waals surface area contributed by atoms with Crippen LogP contribution in [0.5, 0.6) is 0 Å². The first-order chi connectivity index (χ1) is 8.61. The minimum Gasteiger partial charge on any atom is -0.353 e. The van der Waals surface area contributed by atoms with Gasteiger partial charge in [0.1, 0.15) is 0 Å². The lowest BCUT2D eigenvalue weighted by atomic mass is 9.81. The highest BCUT2D eigenvalue weighted by Gasteiger charge is 2.33. The molecule has 2 rings (SSSR count). The molecular formula is C15H28N2O. The lowest BCUT2D eigenvalue weighted by Crippen LogP contribution is -2.42. The summed E-state index contributed by atoms with van der Waals surface area (Å²) < 4.78 is 0. The zero-order valence-electron chi connectivity index (χ0n) is 11.8. The number of rotatable bonds is 3. The maximum absolute atomic E-state index is 12.3. The van der Waals surface area contributed by atoms with Gasteiger partial charge in [0.2, 0.25) is 5.91 Å². The number of hydrogen-bond acceptors (Lipinski definition) is 2. The molecule has 0 heterocycles. The SMILES string of the molecule is CC1CCC(NC(=O)C2CCC(CN)CC2)C1C. The van der Waals surface area contributed by atoms with Gasteiger partial charge in [-0.2, -0.15) is 0 Å². The van der Waals surface area contributed by atoms with Gasteiger partial charge in [-0.1, -0.05) is 13.8 Å². The quantitative estimate of drug-likeness (QED) is 0.810. The molecule has 0 aromatic carbocycles. The highest BCUT2D eigenvalue weighted by molar-refractivity contribution is 5.79. The van der Waals surface area contributed by atoms with E-state index in [4.69, 9.17) is 5.73 Å². The number of carbonyl (C=O) groups excluding carboxylic acids is 1. The van der Waals surface area contributed by atoms with Crippen LogP contribution in [-0.2, 0) is 4.79 Å². The van der Waals surface area contributed by atoms with Crippen LogP contribution in [-0.4, -0.2) is 18.5 Å². The van der Waals surface area contributed by atoms with Crippen molar-refractivity contribution in [1.82, 2.24) is 5.32 Å². The molecule has 3 unspecified atom stereocenters. The Morgan fingerprint density at radius 3 is 2.28 bits per heavy atom. The van der Waals surface area contributed by atoms with Crippen molar-refractivity contribution in [2.45, 2.75) is 58.4 Å². The molecule has 0 radical (unpaired) electrons. The number of carbonyl (C=O) groups is 1. The van der Waals surface area contributed by atoms with E-state index in [-0.39, 0.29) is 5.92 Å².